The summed E-state index contributed by atoms with van der Waals surface area (Å²) in [6.45, 7) is 9.21. The highest BCUT2D eigenvalue weighted by Crippen LogP contribution is 2.50. The average molecular weight is 342 g/mol. The topological polar surface area (TPSA) is 26.0 Å². The van der Waals surface area contributed by atoms with Crippen LogP contribution in [0.15, 0.2) is 22.7 Å². The Morgan fingerprint density at radius 1 is 1.10 bits per heavy atom. The van der Waals surface area contributed by atoms with Gasteiger partial charge >= 0.3 is 0 Å². The van der Waals surface area contributed by atoms with E-state index in [9.17, 15) is 4.39 Å². The van der Waals surface area contributed by atoms with Gasteiger partial charge in [-0.05, 0) is 70.1 Å². The lowest BCUT2D eigenvalue weighted by molar-refractivity contribution is 0.0487. The maximum atomic E-state index is 13.3. The lowest BCUT2D eigenvalue weighted by atomic mass is 9.57. The Hall–Kier alpha value is -0.410. The van der Waals surface area contributed by atoms with Crippen LogP contribution in [0.4, 0.5) is 4.39 Å². The third-order valence-corrected chi connectivity index (χ3v) is 4.77. The van der Waals surface area contributed by atoms with E-state index < -0.39 is 0 Å². The van der Waals surface area contributed by atoms with Crippen molar-refractivity contribution in [1.82, 2.24) is 0 Å². The summed E-state index contributed by atoms with van der Waals surface area (Å²) in [4.78, 5) is 0. The van der Waals surface area contributed by atoms with E-state index in [0.717, 1.165) is 24.8 Å². The minimum Gasteiger partial charge on any atom is -0.325 e. The van der Waals surface area contributed by atoms with Gasteiger partial charge in [0.2, 0.25) is 0 Å². The Bertz CT molecular complexity index is 492. The van der Waals surface area contributed by atoms with Crippen LogP contribution in [0, 0.1) is 16.6 Å². The minimum absolute atomic E-state index is 0.206. The second-order valence-corrected chi connectivity index (χ2v) is 9.00. The fourth-order valence-electron chi connectivity index (χ4n) is 4.57. The van der Waals surface area contributed by atoms with Gasteiger partial charge in [0.15, 0.2) is 0 Å². The van der Waals surface area contributed by atoms with Crippen molar-refractivity contribution in [2.24, 2.45) is 16.6 Å². The van der Waals surface area contributed by atoms with E-state index in [1.165, 1.54) is 12.5 Å². The minimum atomic E-state index is -0.218. The largest absolute Gasteiger partial charge is 0.325 e. The van der Waals surface area contributed by atoms with Crippen LogP contribution in [-0.2, 0) is 6.42 Å². The predicted molar refractivity (Wildman–Crippen MR) is 86.1 cm³/mol. The smallest absolute Gasteiger partial charge is 0.137 e. The summed E-state index contributed by atoms with van der Waals surface area (Å²) in [5.74, 6) is -0.218. The SMILES string of the molecule is CC1(C)CC(C)(C)CC(N)(Cc2ccc(F)c(Br)c2)C1. The number of hydrogen-bond donors (Lipinski definition) is 1. The Labute approximate surface area is 130 Å². The van der Waals surface area contributed by atoms with Gasteiger partial charge in [-0.15, -0.1) is 0 Å². The molecule has 1 aliphatic rings. The van der Waals surface area contributed by atoms with Crippen molar-refractivity contribution in [3.8, 4) is 0 Å². The molecule has 0 bridgehead atoms. The highest BCUT2D eigenvalue weighted by molar-refractivity contribution is 9.10. The zero-order valence-corrected chi connectivity index (χ0v) is 14.5. The molecule has 1 saturated carbocycles. The first kappa shape index (κ1) is 16.0. The summed E-state index contributed by atoms with van der Waals surface area (Å²) in [7, 11) is 0. The van der Waals surface area contributed by atoms with E-state index in [-0.39, 0.29) is 22.2 Å². The Kier molecular flexibility index (Phi) is 4.07. The number of benzene rings is 1. The molecule has 0 spiro atoms. The van der Waals surface area contributed by atoms with Crippen molar-refractivity contribution < 1.29 is 4.39 Å². The van der Waals surface area contributed by atoms with Gasteiger partial charge in [-0.3, -0.25) is 0 Å². The van der Waals surface area contributed by atoms with Crippen molar-refractivity contribution in [3.63, 3.8) is 0 Å². The highest BCUT2D eigenvalue weighted by Gasteiger charge is 2.45. The molecular formula is C17H25BrFN. The third-order valence-electron chi connectivity index (χ3n) is 4.16. The van der Waals surface area contributed by atoms with Crippen LogP contribution in [0.1, 0.15) is 52.5 Å². The molecule has 112 valence electrons. The molecule has 1 aromatic rings. The lowest BCUT2D eigenvalue weighted by Crippen LogP contribution is -2.53. The first-order chi connectivity index (χ1) is 9.00. The van der Waals surface area contributed by atoms with E-state index in [1.54, 1.807) is 0 Å². The molecule has 0 unspecified atom stereocenters. The van der Waals surface area contributed by atoms with Crippen LogP contribution < -0.4 is 5.73 Å². The molecule has 0 amide bonds. The molecule has 2 rings (SSSR count). The lowest BCUT2D eigenvalue weighted by Gasteiger charge is -2.50. The van der Waals surface area contributed by atoms with E-state index in [0.29, 0.717) is 4.47 Å². The van der Waals surface area contributed by atoms with Gasteiger partial charge in [-0.2, -0.15) is 0 Å². The van der Waals surface area contributed by atoms with Crippen LogP contribution in [0.25, 0.3) is 0 Å². The molecule has 1 aliphatic carbocycles. The molecule has 3 heteroatoms. The normalized spacial score (nSPS) is 23.6. The standard InChI is InChI=1S/C17H25BrFN/c1-15(2)9-16(3,4)11-17(20,10-15)8-12-5-6-14(19)13(18)7-12/h5-7H,8-11,20H2,1-4H3. The van der Waals surface area contributed by atoms with Gasteiger partial charge in [0.1, 0.15) is 5.82 Å². The first-order valence-corrected chi connectivity index (χ1v) is 8.03. The number of halogens is 2. The molecule has 0 aromatic heterocycles. The molecule has 1 nitrogen and oxygen atoms in total. The molecule has 0 atom stereocenters. The Morgan fingerprint density at radius 3 is 2.15 bits per heavy atom. The van der Waals surface area contributed by atoms with E-state index in [4.69, 9.17) is 5.73 Å². The van der Waals surface area contributed by atoms with Crippen molar-refractivity contribution in [3.05, 3.63) is 34.1 Å². The molecule has 1 aromatic carbocycles. The summed E-state index contributed by atoms with van der Waals surface area (Å²) < 4.78 is 13.9. The van der Waals surface area contributed by atoms with Crippen molar-refractivity contribution >= 4 is 15.9 Å². The maximum absolute atomic E-state index is 13.3. The van der Waals surface area contributed by atoms with Gasteiger partial charge in [0, 0.05) is 5.54 Å². The summed E-state index contributed by atoms with van der Waals surface area (Å²) in [5.41, 5.74) is 8.14. The zero-order chi connectivity index (χ0) is 15.2. The van der Waals surface area contributed by atoms with Crippen LogP contribution in [-0.4, -0.2) is 5.54 Å². The quantitative estimate of drug-likeness (QED) is 0.798. The average Bonchev–Trinajstić information content (AvgIpc) is 2.17. The number of hydrogen-bond acceptors (Lipinski definition) is 1. The molecule has 1 fully saturated rings. The molecule has 2 N–H and O–H groups in total. The van der Waals surface area contributed by atoms with E-state index in [1.807, 2.05) is 12.1 Å². The van der Waals surface area contributed by atoms with Gasteiger partial charge in [-0.1, -0.05) is 33.8 Å². The summed E-state index contributed by atoms with van der Waals surface area (Å²) in [6, 6.07) is 5.23. The second kappa shape index (κ2) is 5.10. The molecular weight excluding hydrogens is 317 g/mol. The van der Waals surface area contributed by atoms with Crippen molar-refractivity contribution in [1.29, 1.82) is 0 Å². The summed E-state index contributed by atoms with van der Waals surface area (Å²) in [6.07, 6.45) is 4.03. The van der Waals surface area contributed by atoms with E-state index in [2.05, 4.69) is 43.6 Å². The van der Waals surface area contributed by atoms with Crippen LogP contribution >= 0.6 is 15.9 Å². The highest BCUT2D eigenvalue weighted by atomic mass is 79.9. The summed E-state index contributed by atoms with van der Waals surface area (Å²) >= 11 is 3.26. The number of rotatable bonds is 2. The molecule has 0 radical (unpaired) electrons. The molecule has 0 heterocycles. The van der Waals surface area contributed by atoms with Gasteiger partial charge in [0.25, 0.3) is 0 Å². The third kappa shape index (κ3) is 3.82. The second-order valence-electron chi connectivity index (χ2n) is 8.15. The van der Waals surface area contributed by atoms with Crippen LogP contribution in [0.2, 0.25) is 0 Å². The van der Waals surface area contributed by atoms with Crippen LogP contribution in [0.3, 0.4) is 0 Å². The molecule has 0 aliphatic heterocycles. The van der Waals surface area contributed by atoms with Gasteiger partial charge in [0.05, 0.1) is 4.47 Å². The fraction of sp³-hybridized carbons (Fsp3) is 0.647. The fourth-order valence-corrected chi connectivity index (χ4v) is 5.00. The zero-order valence-electron chi connectivity index (χ0n) is 12.9. The maximum Gasteiger partial charge on any atom is 0.137 e. The van der Waals surface area contributed by atoms with Gasteiger partial charge < -0.3 is 5.73 Å². The predicted octanol–water partition coefficient (Wildman–Crippen LogP) is 5.06. The van der Waals surface area contributed by atoms with E-state index >= 15 is 0 Å². The van der Waals surface area contributed by atoms with Crippen molar-refractivity contribution in [2.75, 3.05) is 0 Å². The molecule has 20 heavy (non-hydrogen) atoms. The van der Waals surface area contributed by atoms with Crippen LogP contribution in [0.5, 0.6) is 0 Å². The summed E-state index contributed by atoms with van der Waals surface area (Å²) in [5, 5.41) is 0. The number of nitrogens with two attached hydrogens (primary N) is 1. The monoisotopic (exact) mass is 341 g/mol. The van der Waals surface area contributed by atoms with Gasteiger partial charge in [-0.25, -0.2) is 4.39 Å². The Balaban J connectivity index is 2.23. The van der Waals surface area contributed by atoms with Crippen molar-refractivity contribution in [2.45, 2.75) is 58.9 Å². The molecule has 0 saturated heterocycles. The first-order valence-electron chi connectivity index (χ1n) is 7.23. The Morgan fingerprint density at radius 2 is 1.65 bits per heavy atom.